The molecule has 29 heavy (non-hydrogen) atoms. The van der Waals surface area contributed by atoms with Gasteiger partial charge >= 0.3 is 0 Å². The van der Waals surface area contributed by atoms with Crippen molar-refractivity contribution in [3.05, 3.63) is 30.7 Å². The number of anilines is 2. The van der Waals surface area contributed by atoms with E-state index >= 15 is 0 Å². The Morgan fingerprint density at radius 1 is 1.38 bits per heavy atom. The van der Waals surface area contributed by atoms with Gasteiger partial charge in [0.25, 0.3) is 0 Å². The Labute approximate surface area is 171 Å². The van der Waals surface area contributed by atoms with E-state index in [2.05, 4.69) is 33.5 Å². The SMILES string of the molecule is C[C@H](O)CCC1(C)CCC(Oc2cc(Nc3ccn[nH]3)c3ncn(C)c3c2)CC1. The summed E-state index contributed by atoms with van der Waals surface area (Å²) in [6.07, 6.45) is 9.86. The molecule has 1 aromatic carbocycles. The van der Waals surface area contributed by atoms with Crippen LogP contribution in [0, 0.1) is 5.41 Å². The van der Waals surface area contributed by atoms with Crippen LogP contribution >= 0.6 is 0 Å². The van der Waals surface area contributed by atoms with Crippen LogP contribution in [-0.4, -0.2) is 37.1 Å². The largest absolute Gasteiger partial charge is 0.490 e. The number of benzene rings is 1. The molecule has 1 fully saturated rings. The number of rotatable bonds is 7. The van der Waals surface area contributed by atoms with Crippen molar-refractivity contribution >= 4 is 22.5 Å². The Balaban J connectivity index is 1.48. The summed E-state index contributed by atoms with van der Waals surface area (Å²) < 4.78 is 8.42. The van der Waals surface area contributed by atoms with E-state index in [0.717, 1.165) is 66.8 Å². The van der Waals surface area contributed by atoms with Crippen molar-refractivity contribution in [1.29, 1.82) is 0 Å². The zero-order valence-corrected chi connectivity index (χ0v) is 17.5. The van der Waals surface area contributed by atoms with Gasteiger partial charge < -0.3 is 19.7 Å². The number of aryl methyl sites for hydroxylation is 1. The van der Waals surface area contributed by atoms with Gasteiger partial charge in [-0.3, -0.25) is 5.10 Å². The summed E-state index contributed by atoms with van der Waals surface area (Å²) in [5.41, 5.74) is 3.15. The van der Waals surface area contributed by atoms with Gasteiger partial charge in [0.2, 0.25) is 0 Å². The Morgan fingerprint density at radius 3 is 2.86 bits per heavy atom. The Hall–Kier alpha value is -2.54. The van der Waals surface area contributed by atoms with Crippen molar-refractivity contribution in [3.63, 3.8) is 0 Å². The van der Waals surface area contributed by atoms with Crippen LogP contribution in [0.5, 0.6) is 5.75 Å². The van der Waals surface area contributed by atoms with Gasteiger partial charge in [0, 0.05) is 25.2 Å². The topological polar surface area (TPSA) is 88.0 Å². The van der Waals surface area contributed by atoms with Crippen LogP contribution in [0.25, 0.3) is 11.0 Å². The molecule has 0 radical (unpaired) electrons. The van der Waals surface area contributed by atoms with E-state index in [1.54, 1.807) is 6.20 Å². The number of nitrogens with one attached hydrogen (secondary N) is 2. The summed E-state index contributed by atoms with van der Waals surface area (Å²) in [4.78, 5) is 4.53. The summed E-state index contributed by atoms with van der Waals surface area (Å²) >= 11 is 0. The van der Waals surface area contributed by atoms with Crippen molar-refractivity contribution in [2.75, 3.05) is 5.32 Å². The van der Waals surface area contributed by atoms with Crippen LogP contribution < -0.4 is 10.1 Å². The number of imidazole rings is 1. The average Bonchev–Trinajstić information content (AvgIpc) is 3.33. The van der Waals surface area contributed by atoms with Gasteiger partial charge in [-0.15, -0.1) is 0 Å². The predicted octanol–water partition coefficient (Wildman–Crippen LogP) is 4.53. The van der Waals surface area contributed by atoms with Crippen LogP contribution in [0.2, 0.25) is 0 Å². The molecule has 156 valence electrons. The van der Waals surface area contributed by atoms with Crippen LogP contribution in [0.15, 0.2) is 30.7 Å². The van der Waals surface area contributed by atoms with Gasteiger partial charge in [-0.2, -0.15) is 5.10 Å². The van der Waals surface area contributed by atoms with Crippen molar-refractivity contribution in [2.45, 2.75) is 64.6 Å². The third-order valence-corrected chi connectivity index (χ3v) is 6.18. The first kappa shape index (κ1) is 19.8. The first-order valence-electron chi connectivity index (χ1n) is 10.5. The first-order chi connectivity index (χ1) is 13.9. The van der Waals surface area contributed by atoms with Crippen LogP contribution in [0.3, 0.4) is 0 Å². The lowest BCUT2D eigenvalue weighted by molar-refractivity contribution is 0.0710. The fourth-order valence-electron chi connectivity index (χ4n) is 4.24. The molecule has 0 unspecified atom stereocenters. The third-order valence-electron chi connectivity index (χ3n) is 6.18. The number of aliphatic hydroxyl groups excluding tert-OH is 1. The second-order valence-electron chi connectivity index (χ2n) is 8.80. The van der Waals surface area contributed by atoms with E-state index in [0.29, 0.717) is 5.41 Å². The zero-order valence-electron chi connectivity index (χ0n) is 17.5. The molecule has 1 saturated carbocycles. The zero-order chi connectivity index (χ0) is 20.4. The fraction of sp³-hybridized carbons (Fsp3) is 0.545. The highest BCUT2D eigenvalue weighted by atomic mass is 16.5. The highest BCUT2D eigenvalue weighted by molar-refractivity contribution is 5.91. The number of hydrogen-bond acceptors (Lipinski definition) is 5. The second-order valence-corrected chi connectivity index (χ2v) is 8.80. The van der Waals surface area contributed by atoms with Gasteiger partial charge in [-0.1, -0.05) is 6.92 Å². The quantitative estimate of drug-likeness (QED) is 0.545. The Morgan fingerprint density at radius 2 is 2.17 bits per heavy atom. The lowest BCUT2D eigenvalue weighted by Crippen LogP contribution is -2.31. The van der Waals surface area contributed by atoms with E-state index in [4.69, 9.17) is 4.74 Å². The molecule has 1 aliphatic rings. The molecule has 7 nitrogen and oxygen atoms in total. The maximum Gasteiger partial charge on any atom is 0.125 e. The molecule has 0 aliphatic heterocycles. The number of fused-ring (bicyclic) bond motifs is 1. The number of ether oxygens (including phenoxy) is 1. The molecule has 7 heteroatoms. The highest BCUT2D eigenvalue weighted by Gasteiger charge is 2.32. The minimum absolute atomic E-state index is 0.216. The molecule has 2 aromatic heterocycles. The molecular formula is C22H31N5O2. The lowest BCUT2D eigenvalue weighted by atomic mass is 9.71. The Kier molecular flexibility index (Phi) is 5.50. The van der Waals surface area contributed by atoms with E-state index in [1.165, 1.54) is 0 Å². The molecule has 1 aliphatic carbocycles. The molecule has 0 saturated heterocycles. The van der Waals surface area contributed by atoms with Gasteiger partial charge in [-0.05, 0) is 50.9 Å². The monoisotopic (exact) mass is 397 g/mol. The highest BCUT2D eigenvalue weighted by Crippen LogP contribution is 2.41. The molecule has 3 aromatic rings. The normalized spacial score (nSPS) is 23.2. The van der Waals surface area contributed by atoms with Crippen molar-refractivity contribution in [2.24, 2.45) is 12.5 Å². The number of H-pyrrole nitrogens is 1. The molecule has 3 N–H and O–H groups in total. The van der Waals surface area contributed by atoms with Gasteiger partial charge in [0.15, 0.2) is 0 Å². The minimum atomic E-state index is -0.216. The molecule has 1 atom stereocenters. The Bertz CT molecular complexity index is 940. The average molecular weight is 398 g/mol. The first-order valence-corrected chi connectivity index (χ1v) is 10.5. The van der Waals surface area contributed by atoms with E-state index < -0.39 is 0 Å². The minimum Gasteiger partial charge on any atom is -0.490 e. The van der Waals surface area contributed by atoms with Crippen LogP contribution in [0.1, 0.15) is 52.4 Å². The smallest absolute Gasteiger partial charge is 0.125 e. The number of nitrogens with zero attached hydrogens (tertiary/aromatic N) is 3. The maximum absolute atomic E-state index is 9.61. The molecule has 4 rings (SSSR count). The molecule has 0 bridgehead atoms. The van der Waals surface area contributed by atoms with Crippen LogP contribution in [-0.2, 0) is 7.05 Å². The summed E-state index contributed by atoms with van der Waals surface area (Å²) in [5, 5.41) is 19.9. The predicted molar refractivity (Wildman–Crippen MR) is 114 cm³/mol. The van der Waals surface area contributed by atoms with Crippen LogP contribution in [0.4, 0.5) is 11.5 Å². The fourth-order valence-corrected chi connectivity index (χ4v) is 4.24. The van der Waals surface area contributed by atoms with Gasteiger partial charge in [0.1, 0.15) is 17.1 Å². The lowest BCUT2D eigenvalue weighted by Gasteiger charge is -2.37. The number of aromatic amines is 1. The van der Waals surface area contributed by atoms with E-state index in [-0.39, 0.29) is 12.2 Å². The number of hydrogen-bond donors (Lipinski definition) is 3. The molecule has 0 amide bonds. The second kappa shape index (κ2) is 8.06. The van der Waals surface area contributed by atoms with Crippen molar-refractivity contribution in [1.82, 2.24) is 19.7 Å². The summed E-state index contributed by atoms with van der Waals surface area (Å²) in [6, 6.07) is 5.98. The van der Waals surface area contributed by atoms with E-state index in [9.17, 15) is 5.11 Å². The maximum atomic E-state index is 9.61. The standard InChI is InChI=1S/C22H31N5O2/c1-15(28)4-8-22(2)9-5-16(6-10-22)29-17-12-18(25-20-7-11-24-26-20)21-19(13-17)27(3)14-23-21/h7,11-16,28H,4-6,8-10H2,1-3H3,(H2,24,25,26)/t15-,16?,22?/m0/s1. The summed E-state index contributed by atoms with van der Waals surface area (Å²) in [6.45, 7) is 4.22. The molecule has 0 spiro atoms. The van der Waals surface area contributed by atoms with Gasteiger partial charge in [0.05, 0.1) is 35.9 Å². The molecule has 2 heterocycles. The van der Waals surface area contributed by atoms with Crippen molar-refractivity contribution in [3.8, 4) is 5.75 Å². The number of aromatic nitrogens is 4. The summed E-state index contributed by atoms with van der Waals surface area (Å²) in [5.74, 6) is 1.68. The van der Waals surface area contributed by atoms with Crippen molar-refractivity contribution < 1.29 is 9.84 Å². The van der Waals surface area contributed by atoms with Gasteiger partial charge in [-0.25, -0.2) is 4.98 Å². The van der Waals surface area contributed by atoms with E-state index in [1.807, 2.05) is 37.0 Å². The summed E-state index contributed by atoms with van der Waals surface area (Å²) in [7, 11) is 1.99. The number of aliphatic hydroxyl groups is 1. The molecular weight excluding hydrogens is 366 g/mol. The third kappa shape index (κ3) is 4.56.